The normalized spacial score (nSPS) is 21.6. The van der Waals surface area contributed by atoms with Crippen molar-refractivity contribution in [1.29, 1.82) is 0 Å². The third-order valence-electron chi connectivity index (χ3n) is 3.43. The fourth-order valence-corrected chi connectivity index (χ4v) is 4.22. The van der Waals surface area contributed by atoms with Gasteiger partial charge >= 0.3 is 0 Å². The summed E-state index contributed by atoms with van der Waals surface area (Å²) in [4.78, 5) is 10.5. The number of nitrogens with zero attached hydrogens (tertiary/aromatic N) is 4. The summed E-state index contributed by atoms with van der Waals surface area (Å²) in [6, 6.07) is 0. The van der Waals surface area contributed by atoms with E-state index in [0.717, 1.165) is 17.3 Å². The van der Waals surface area contributed by atoms with Crippen molar-refractivity contribution in [1.82, 2.24) is 14.3 Å². The van der Waals surface area contributed by atoms with Crippen molar-refractivity contribution < 1.29 is 8.42 Å². The van der Waals surface area contributed by atoms with E-state index in [9.17, 15) is 8.42 Å². The van der Waals surface area contributed by atoms with E-state index in [1.54, 1.807) is 16.7 Å². The number of hydrogen-bond donors (Lipinski definition) is 0. The fourth-order valence-electron chi connectivity index (χ4n) is 2.19. The van der Waals surface area contributed by atoms with Gasteiger partial charge in [0.25, 0.3) is 0 Å². The molecule has 0 unspecified atom stereocenters. The van der Waals surface area contributed by atoms with Gasteiger partial charge in [-0.15, -0.1) is 0 Å². The summed E-state index contributed by atoms with van der Waals surface area (Å²) in [5.74, 6) is 0.659. The minimum absolute atomic E-state index is 0.122. The third kappa shape index (κ3) is 2.75. The Morgan fingerprint density at radius 1 is 1.11 bits per heavy atom. The second-order valence-electron chi connectivity index (χ2n) is 4.83. The lowest BCUT2D eigenvalue weighted by Crippen LogP contribution is -2.50. The zero-order chi connectivity index (χ0) is 13.5. The molecule has 6 nitrogen and oxygen atoms in total. The molecule has 0 amide bonds. The molecule has 0 radical (unpaired) electrons. The van der Waals surface area contributed by atoms with E-state index in [0.29, 0.717) is 32.1 Å². The first kappa shape index (κ1) is 13.3. The Morgan fingerprint density at radius 3 is 2.21 bits per heavy atom. The van der Waals surface area contributed by atoms with E-state index >= 15 is 0 Å². The van der Waals surface area contributed by atoms with Crippen LogP contribution < -0.4 is 4.90 Å². The molecule has 0 N–H and O–H groups in total. The molecule has 8 heteroatoms. The minimum Gasteiger partial charge on any atom is -0.338 e. The Kier molecular flexibility index (Phi) is 3.48. The second-order valence-corrected chi connectivity index (χ2v) is 7.96. The molecule has 3 rings (SSSR count). The lowest BCUT2D eigenvalue weighted by Gasteiger charge is -2.33. The molecule has 1 aliphatic heterocycles. The Morgan fingerprint density at radius 2 is 1.68 bits per heavy atom. The number of sulfonamides is 1. The molecule has 2 heterocycles. The van der Waals surface area contributed by atoms with Gasteiger partial charge < -0.3 is 4.90 Å². The molecule has 2 fully saturated rings. The molecule has 19 heavy (non-hydrogen) atoms. The zero-order valence-electron chi connectivity index (χ0n) is 10.4. The smallest absolute Gasteiger partial charge is 0.225 e. The van der Waals surface area contributed by atoms with Crippen LogP contribution in [0.25, 0.3) is 0 Å². The quantitative estimate of drug-likeness (QED) is 0.811. The van der Waals surface area contributed by atoms with Gasteiger partial charge in [-0.05, 0) is 28.8 Å². The first-order valence-corrected chi connectivity index (χ1v) is 8.58. The van der Waals surface area contributed by atoms with Crippen molar-refractivity contribution in [3.05, 3.63) is 16.9 Å². The van der Waals surface area contributed by atoms with Crippen LogP contribution in [0.15, 0.2) is 16.9 Å². The van der Waals surface area contributed by atoms with Crippen LogP contribution in [0.3, 0.4) is 0 Å². The standard InChI is InChI=1S/C11H15BrN4O2S/c12-9-7-13-11(14-8-9)15-3-5-16(6-4-15)19(17,18)10-1-2-10/h7-8,10H,1-6H2. The molecular formula is C11H15BrN4O2S. The third-order valence-corrected chi connectivity index (χ3v) is 6.24. The fraction of sp³-hybridized carbons (Fsp3) is 0.636. The first-order chi connectivity index (χ1) is 9.07. The number of halogens is 1. The van der Waals surface area contributed by atoms with Crippen molar-refractivity contribution in [3.63, 3.8) is 0 Å². The number of piperazine rings is 1. The van der Waals surface area contributed by atoms with Gasteiger partial charge in [-0.1, -0.05) is 0 Å². The lowest BCUT2D eigenvalue weighted by molar-refractivity contribution is 0.382. The van der Waals surface area contributed by atoms with E-state index in [1.165, 1.54) is 0 Å². The van der Waals surface area contributed by atoms with Gasteiger partial charge in [0.1, 0.15) is 0 Å². The average Bonchev–Trinajstić information content (AvgIpc) is 3.24. The number of rotatable bonds is 3. The van der Waals surface area contributed by atoms with Gasteiger partial charge in [0, 0.05) is 38.6 Å². The number of hydrogen-bond acceptors (Lipinski definition) is 5. The predicted molar refractivity (Wildman–Crippen MR) is 75.5 cm³/mol. The molecule has 1 aromatic rings. The summed E-state index contributed by atoms with van der Waals surface area (Å²) in [5, 5.41) is -0.122. The maximum absolute atomic E-state index is 12.1. The molecule has 104 valence electrons. The van der Waals surface area contributed by atoms with Crippen molar-refractivity contribution in [3.8, 4) is 0 Å². The van der Waals surface area contributed by atoms with Crippen LogP contribution >= 0.6 is 15.9 Å². The highest BCUT2D eigenvalue weighted by atomic mass is 79.9. The maximum atomic E-state index is 12.1. The molecule has 0 aromatic carbocycles. The van der Waals surface area contributed by atoms with Gasteiger partial charge in [-0.25, -0.2) is 18.4 Å². The maximum Gasteiger partial charge on any atom is 0.225 e. The summed E-state index contributed by atoms with van der Waals surface area (Å²) < 4.78 is 26.7. The molecule has 1 aliphatic carbocycles. The predicted octanol–water partition coefficient (Wildman–Crippen LogP) is 0.853. The van der Waals surface area contributed by atoms with Crippen LogP contribution in [0.4, 0.5) is 5.95 Å². The van der Waals surface area contributed by atoms with Crippen molar-refractivity contribution >= 4 is 31.9 Å². The van der Waals surface area contributed by atoms with Crippen molar-refractivity contribution in [2.45, 2.75) is 18.1 Å². The Labute approximate surface area is 121 Å². The van der Waals surface area contributed by atoms with E-state index in [1.807, 2.05) is 4.90 Å². The van der Waals surface area contributed by atoms with E-state index in [4.69, 9.17) is 0 Å². The highest BCUT2D eigenvalue weighted by Gasteiger charge is 2.41. The van der Waals surface area contributed by atoms with Crippen LogP contribution in [0.2, 0.25) is 0 Å². The van der Waals surface area contributed by atoms with Crippen LogP contribution in [0, 0.1) is 0 Å². The molecule has 0 atom stereocenters. The van der Waals surface area contributed by atoms with Crippen molar-refractivity contribution in [2.75, 3.05) is 31.1 Å². The molecular weight excluding hydrogens is 332 g/mol. The lowest BCUT2D eigenvalue weighted by atomic mass is 10.4. The summed E-state index contributed by atoms with van der Waals surface area (Å²) >= 11 is 3.30. The van der Waals surface area contributed by atoms with Gasteiger partial charge in [0.15, 0.2) is 0 Å². The monoisotopic (exact) mass is 346 g/mol. The highest BCUT2D eigenvalue weighted by Crippen LogP contribution is 2.31. The van der Waals surface area contributed by atoms with Crippen LogP contribution in [-0.2, 0) is 10.0 Å². The van der Waals surface area contributed by atoms with E-state index < -0.39 is 10.0 Å². The summed E-state index contributed by atoms with van der Waals surface area (Å²) in [6.45, 7) is 2.34. The zero-order valence-corrected chi connectivity index (χ0v) is 12.8. The SMILES string of the molecule is O=S(=O)(C1CC1)N1CCN(c2ncc(Br)cn2)CC1. The first-order valence-electron chi connectivity index (χ1n) is 6.29. The van der Waals surface area contributed by atoms with Gasteiger partial charge in [0.05, 0.1) is 9.72 Å². The second kappa shape index (κ2) is 4.99. The summed E-state index contributed by atoms with van der Waals surface area (Å²) in [6.07, 6.45) is 5.04. The molecule has 1 saturated heterocycles. The Hall–Kier alpha value is -0.730. The number of anilines is 1. The molecule has 1 aromatic heterocycles. The largest absolute Gasteiger partial charge is 0.338 e. The molecule has 1 saturated carbocycles. The number of aromatic nitrogens is 2. The van der Waals surface area contributed by atoms with Crippen LogP contribution in [0.1, 0.15) is 12.8 Å². The Balaban J connectivity index is 1.64. The van der Waals surface area contributed by atoms with Gasteiger partial charge in [-0.2, -0.15) is 4.31 Å². The highest BCUT2D eigenvalue weighted by molar-refractivity contribution is 9.10. The van der Waals surface area contributed by atoms with E-state index in [2.05, 4.69) is 25.9 Å². The molecule has 2 aliphatic rings. The van der Waals surface area contributed by atoms with Crippen molar-refractivity contribution in [2.24, 2.45) is 0 Å². The van der Waals surface area contributed by atoms with Gasteiger partial charge in [-0.3, -0.25) is 0 Å². The topological polar surface area (TPSA) is 66.4 Å². The van der Waals surface area contributed by atoms with Gasteiger partial charge in [0.2, 0.25) is 16.0 Å². The van der Waals surface area contributed by atoms with Crippen LogP contribution in [0.5, 0.6) is 0 Å². The summed E-state index contributed by atoms with van der Waals surface area (Å²) in [5.41, 5.74) is 0. The molecule has 0 spiro atoms. The van der Waals surface area contributed by atoms with E-state index in [-0.39, 0.29) is 5.25 Å². The Bertz CT molecular complexity index is 551. The molecule has 0 bridgehead atoms. The average molecular weight is 347 g/mol. The van der Waals surface area contributed by atoms with Crippen LogP contribution in [-0.4, -0.2) is 54.1 Å². The minimum atomic E-state index is -3.04. The summed E-state index contributed by atoms with van der Waals surface area (Å²) in [7, 11) is -3.04.